The van der Waals surface area contributed by atoms with Crippen molar-refractivity contribution in [1.82, 2.24) is 9.97 Å². The molecule has 16 heavy (non-hydrogen) atoms. The first kappa shape index (κ1) is 12.2. The standard InChI is InChI=1S/C8H7F3N2O3/c1-4-6(16-3-8(9,10)11)12-2-5(13-4)7(14)15/h2H,3H2,1H3,(H,14,15). The monoisotopic (exact) mass is 236 g/mol. The molecule has 1 rings (SSSR count). The van der Waals surface area contributed by atoms with Crippen LogP contribution in [0.5, 0.6) is 5.88 Å². The van der Waals surface area contributed by atoms with Crippen molar-refractivity contribution in [2.45, 2.75) is 13.1 Å². The number of halogens is 3. The van der Waals surface area contributed by atoms with Gasteiger partial charge in [0.05, 0.1) is 6.20 Å². The van der Waals surface area contributed by atoms with Crippen LogP contribution in [0.15, 0.2) is 6.20 Å². The Morgan fingerprint density at radius 2 is 2.19 bits per heavy atom. The Balaban J connectivity index is 2.80. The minimum absolute atomic E-state index is 0.0100. The van der Waals surface area contributed by atoms with Crippen molar-refractivity contribution < 1.29 is 27.8 Å². The molecule has 0 bridgehead atoms. The van der Waals surface area contributed by atoms with Crippen molar-refractivity contribution in [3.63, 3.8) is 0 Å². The molecule has 0 aliphatic rings. The molecule has 0 aliphatic carbocycles. The molecule has 8 heteroatoms. The van der Waals surface area contributed by atoms with Gasteiger partial charge in [0, 0.05) is 0 Å². The molecule has 1 heterocycles. The van der Waals surface area contributed by atoms with Gasteiger partial charge in [-0.1, -0.05) is 0 Å². The molecule has 0 amide bonds. The largest absolute Gasteiger partial charge is 0.476 e. The second-order valence-electron chi connectivity index (χ2n) is 2.85. The number of rotatable bonds is 3. The van der Waals surface area contributed by atoms with Gasteiger partial charge in [-0.15, -0.1) is 0 Å². The molecule has 0 fully saturated rings. The summed E-state index contributed by atoms with van der Waals surface area (Å²) in [4.78, 5) is 17.4. The molecule has 0 aliphatic heterocycles. The van der Waals surface area contributed by atoms with Crippen molar-refractivity contribution in [3.05, 3.63) is 17.6 Å². The van der Waals surface area contributed by atoms with E-state index < -0.39 is 18.8 Å². The topological polar surface area (TPSA) is 72.3 Å². The Morgan fingerprint density at radius 1 is 1.56 bits per heavy atom. The van der Waals surface area contributed by atoms with Crippen LogP contribution in [0, 0.1) is 6.92 Å². The van der Waals surface area contributed by atoms with Gasteiger partial charge in [-0.05, 0) is 6.92 Å². The smallest absolute Gasteiger partial charge is 0.422 e. The lowest BCUT2D eigenvalue weighted by Crippen LogP contribution is -2.20. The number of alkyl halides is 3. The van der Waals surface area contributed by atoms with Gasteiger partial charge in [-0.2, -0.15) is 13.2 Å². The lowest BCUT2D eigenvalue weighted by atomic mass is 10.4. The van der Waals surface area contributed by atoms with Gasteiger partial charge in [-0.25, -0.2) is 14.8 Å². The average molecular weight is 236 g/mol. The van der Waals surface area contributed by atoms with Crippen molar-refractivity contribution >= 4 is 5.97 Å². The number of aromatic nitrogens is 2. The van der Waals surface area contributed by atoms with Crippen molar-refractivity contribution in [1.29, 1.82) is 0 Å². The highest BCUT2D eigenvalue weighted by atomic mass is 19.4. The van der Waals surface area contributed by atoms with Gasteiger partial charge >= 0.3 is 12.1 Å². The van der Waals surface area contributed by atoms with E-state index in [9.17, 15) is 18.0 Å². The van der Waals surface area contributed by atoms with Gasteiger partial charge in [0.15, 0.2) is 12.3 Å². The Kier molecular flexibility index (Phi) is 3.31. The highest BCUT2D eigenvalue weighted by Crippen LogP contribution is 2.18. The van der Waals surface area contributed by atoms with Crippen molar-refractivity contribution in [2.75, 3.05) is 6.61 Å². The summed E-state index contributed by atoms with van der Waals surface area (Å²) in [5.74, 6) is -1.64. The minimum atomic E-state index is -4.47. The summed E-state index contributed by atoms with van der Waals surface area (Å²) in [7, 11) is 0. The summed E-state index contributed by atoms with van der Waals surface area (Å²) >= 11 is 0. The van der Waals surface area contributed by atoms with Gasteiger partial charge < -0.3 is 9.84 Å². The molecular formula is C8H7F3N2O3. The third-order valence-electron chi connectivity index (χ3n) is 1.49. The van der Waals surface area contributed by atoms with E-state index in [-0.39, 0.29) is 17.3 Å². The van der Waals surface area contributed by atoms with Crippen LogP contribution in [0.2, 0.25) is 0 Å². The molecule has 0 spiro atoms. The molecule has 88 valence electrons. The number of nitrogens with zero attached hydrogens (tertiary/aromatic N) is 2. The van der Waals surface area contributed by atoms with Crippen LogP contribution in [0.4, 0.5) is 13.2 Å². The zero-order valence-corrected chi connectivity index (χ0v) is 8.08. The van der Waals surface area contributed by atoms with Crippen LogP contribution in [0.25, 0.3) is 0 Å². The lowest BCUT2D eigenvalue weighted by molar-refractivity contribution is -0.154. The fourth-order valence-corrected chi connectivity index (χ4v) is 0.865. The molecule has 0 aromatic carbocycles. The highest BCUT2D eigenvalue weighted by molar-refractivity contribution is 5.84. The number of aromatic carboxylic acids is 1. The molecule has 0 saturated carbocycles. The summed E-state index contributed by atoms with van der Waals surface area (Å²) in [5.41, 5.74) is -0.360. The normalized spacial score (nSPS) is 11.2. The number of carboxylic acids is 1. The van der Waals surface area contributed by atoms with Crippen molar-refractivity contribution in [3.8, 4) is 5.88 Å². The Morgan fingerprint density at radius 3 is 2.62 bits per heavy atom. The van der Waals surface area contributed by atoms with Crippen LogP contribution in [-0.2, 0) is 0 Å². The van der Waals surface area contributed by atoms with E-state index in [4.69, 9.17) is 5.11 Å². The second kappa shape index (κ2) is 4.33. The maximum atomic E-state index is 11.8. The Labute approximate surface area is 87.9 Å². The van der Waals surface area contributed by atoms with Crippen LogP contribution >= 0.6 is 0 Å². The number of carbonyl (C=O) groups is 1. The summed E-state index contributed by atoms with van der Waals surface area (Å²) in [5, 5.41) is 8.54. The SMILES string of the molecule is Cc1nc(C(=O)O)cnc1OCC(F)(F)F. The second-order valence-corrected chi connectivity index (χ2v) is 2.85. The van der Waals surface area contributed by atoms with Gasteiger partial charge in [0.2, 0.25) is 5.88 Å². The van der Waals surface area contributed by atoms with E-state index >= 15 is 0 Å². The summed E-state index contributed by atoms with van der Waals surface area (Å²) < 4.78 is 39.8. The van der Waals surface area contributed by atoms with Crippen molar-refractivity contribution in [2.24, 2.45) is 0 Å². The molecule has 1 aromatic heterocycles. The van der Waals surface area contributed by atoms with Gasteiger partial charge in [-0.3, -0.25) is 0 Å². The molecular weight excluding hydrogens is 229 g/mol. The molecule has 1 aromatic rings. The van der Waals surface area contributed by atoms with E-state index in [0.717, 1.165) is 6.20 Å². The average Bonchev–Trinajstić information content (AvgIpc) is 2.14. The Hall–Kier alpha value is -1.86. The lowest BCUT2D eigenvalue weighted by Gasteiger charge is -2.09. The minimum Gasteiger partial charge on any atom is -0.476 e. The summed E-state index contributed by atoms with van der Waals surface area (Å²) in [6.45, 7) is -0.180. The number of hydrogen-bond acceptors (Lipinski definition) is 4. The van der Waals surface area contributed by atoms with Crippen LogP contribution < -0.4 is 4.74 Å². The van der Waals surface area contributed by atoms with Crippen LogP contribution in [-0.4, -0.2) is 33.8 Å². The third kappa shape index (κ3) is 3.37. The van der Waals surface area contributed by atoms with Gasteiger partial charge in [0.1, 0.15) is 5.69 Å². The number of aryl methyl sites for hydroxylation is 1. The van der Waals surface area contributed by atoms with E-state index in [1.165, 1.54) is 6.92 Å². The maximum Gasteiger partial charge on any atom is 0.422 e. The van der Waals surface area contributed by atoms with Gasteiger partial charge in [0.25, 0.3) is 0 Å². The zero-order chi connectivity index (χ0) is 12.3. The Bertz CT molecular complexity index is 406. The first-order valence-corrected chi connectivity index (χ1v) is 4.06. The maximum absolute atomic E-state index is 11.8. The number of hydrogen-bond donors (Lipinski definition) is 1. The molecule has 5 nitrogen and oxygen atoms in total. The predicted molar refractivity (Wildman–Crippen MR) is 45.3 cm³/mol. The van der Waals surface area contributed by atoms with E-state index in [1.54, 1.807) is 0 Å². The van der Waals surface area contributed by atoms with E-state index in [2.05, 4.69) is 14.7 Å². The summed E-state index contributed by atoms with van der Waals surface area (Å²) in [6, 6.07) is 0. The first-order valence-electron chi connectivity index (χ1n) is 4.06. The third-order valence-corrected chi connectivity index (χ3v) is 1.49. The molecule has 1 N–H and O–H groups in total. The predicted octanol–water partition coefficient (Wildman–Crippen LogP) is 1.42. The fourth-order valence-electron chi connectivity index (χ4n) is 0.865. The first-order chi connectivity index (χ1) is 7.29. The highest BCUT2D eigenvalue weighted by Gasteiger charge is 2.29. The molecule has 0 radical (unpaired) electrons. The zero-order valence-electron chi connectivity index (χ0n) is 8.08. The molecule has 0 atom stereocenters. The van der Waals surface area contributed by atoms with Crippen LogP contribution in [0.1, 0.15) is 16.2 Å². The fraction of sp³-hybridized carbons (Fsp3) is 0.375. The molecule has 0 unspecified atom stereocenters. The van der Waals surface area contributed by atoms with E-state index in [0.29, 0.717) is 0 Å². The molecule has 0 saturated heterocycles. The number of carboxylic acid groups (broad SMARTS) is 1. The summed E-state index contributed by atoms with van der Waals surface area (Å²) in [6.07, 6.45) is -3.64. The van der Waals surface area contributed by atoms with E-state index in [1.807, 2.05) is 0 Å². The quantitative estimate of drug-likeness (QED) is 0.859. The number of ether oxygens (including phenoxy) is 1. The van der Waals surface area contributed by atoms with Crippen LogP contribution in [0.3, 0.4) is 0 Å².